The molecule has 0 heterocycles. The standard InChI is InChI=1S/C15H21ClN2O2/c1-10(2)15(20)13(8-18-9-14(19)17-3)11-4-6-12(16)7-5-11/h4-7,10,13,18H,8-9H2,1-3H3,(H,17,19)/t13-/m1/s1. The molecule has 0 unspecified atom stereocenters. The third-order valence-electron chi connectivity index (χ3n) is 3.10. The van der Waals surface area contributed by atoms with Crippen molar-refractivity contribution >= 4 is 23.3 Å². The topological polar surface area (TPSA) is 58.2 Å². The monoisotopic (exact) mass is 296 g/mol. The van der Waals surface area contributed by atoms with E-state index in [4.69, 9.17) is 11.6 Å². The van der Waals surface area contributed by atoms with Gasteiger partial charge in [0.25, 0.3) is 0 Å². The quantitative estimate of drug-likeness (QED) is 0.809. The van der Waals surface area contributed by atoms with Gasteiger partial charge < -0.3 is 10.6 Å². The lowest BCUT2D eigenvalue weighted by Gasteiger charge is -2.19. The number of Topliss-reactive ketones (excluding diaryl/α,β-unsaturated/α-hetero) is 1. The molecule has 20 heavy (non-hydrogen) atoms. The van der Waals surface area contributed by atoms with Gasteiger partial charge in [0, 0.05) is 24.5 Å². The molecule has 0 aliphatic rings. The highest BCUT2D eigenvalue weighted by atomic mass is 35.5. The third kappa shape index (κ3) is 4.94. The molecular formula is C15H21ClN2O2. The van der Waals surface area contributed by atoms with Crippen LogP contribution in [-0.2, 0) is 9.59 Å². The largest absolute Gasteiger partial charge is 0.358 e. The second-order valence-electron chi connectivity index (χ2n) is 4.97. The number of carbonyl (C=O) groups is 2. The van der Waals surface area contributed by atoms with Gasteiger partial charge in [0.05, 0.1) is 12.5 Å². The summed E-state index contributed by atoms with van der Waals surface area (Å²) in [7, 11) is 1.58. The summed E-state index contributed by atoms with van der Waals surface area (Å²) in [5.74, 6) is -0.275. The zero-order valence-electron chi connectivity index (χ0n) is 12.1. The molecule has 5 heteroatoms. The predicted octanol–water partition coefficient (Wildman–Crippen LogP) is 1.98. The first-order chi connectivity index (χ1) is 9.45. The van der Waals surface area contributed by atoms with E-state index in [0.29, 0.717) is 11.6 Å². The van der Waals surface area contributed by atoms with E-state index in [2.05, 4.69) is 10.6 Å². The molecule has 1 aromatic carbocycles. The van der Waals surface area contributed by atoms with E-state index in [1.165, 1.54) is 0 Å². The molecule has 0 radical (unpaired) electrons. The smallest absolute Gasteiger partial charge is 0.233 e. The summed E-state index contributed by atoms with van der Waals surface area (Å²) >= 11 is 5.87. The highest BCUT2D eigenvalue weighted by Crippen LogP contribution is 2.21. The first-order valence-electron chi connectivity index (χ1n) is 6.66. The molecule has 0 saturated heterocycles. The highest BCUT2D eigenvalue weighted by molar-refractivity contribution is 6.30. The molecule has 0 aromatic heterocycles. The first-order valence-corrected chi connectivity index (χ1v) is 7.04. The molecule has 0 fully saturated rings. The molecular weight excluding hydrogens is 276 g/mol. The van der Waals surface area contributed by atoms with E-state index in [-0.39, 0.29) is 30.1 Å². The van der Waals surface area contributed by atoms with Crippen LogP contribution in [0.5, 0.6) is 0 Å². The molecule has 0 saturated carbocycles. The molecule has 0 spiro atoms. The van der Waals surface area contributed by atoms with Gasteiger partial charge in [0.1, 0.15) is 5.78 Å². The number of nitrogens with one attached hydrogen (secondary N) is 2. The lowest BCUT2D eigenvalue weighted by Crippen LogP contribution is -2.36. The van der Waals surface area contributed by atoms with Crippen molar-refractivity contribution in [3.05, 3.63) is 34.9 Å². The second-order valence-corrected chi connectivity index (χ2v) is 5.40. The summed E-state index contributed by atoms with van der Waals surface area (Å²) in [6.45, 7) is 4.39. The van der Waals surface area contributed by atoms with Crippen LogP contribution in [0, 0.1) is 5.92 Å². The van der Waals surface area contributed by atoms with Gasteiger partial charge in [0.2, 0.25) is 5.91 Å². The number of amides is 1. The maximum absolute atomic E-state index is 12.3. The number of halogens is 1. The Balaban J connectivity index is 2.78. The van der Waals surface area contributed by atoms with Gasteiger partial charge in [-0.1, -0.05) is 37.6 Å². The summed E-state index contributed by atoms with van der Waals surface area (Å²) < 4.78 is 0. The van der Waals surface area contributed by atoms with Crippen LogP contribution in [0.25, 0.3) is 0 Å². The van der Waals surface area contributed by atoms with E-state index in [0.717, 1.165) is 5.56 Å². The Hall–Kier alpha value is -1.39. The van der Waals surface area contributed by atoms with Crippen LogP contribution in [0.3, 0.4) is 0 Å². The highest BCUT2D eigenvalue weighted by Gasteiger charge is 2.22. The average Bonchev–Trinajstić information content (AvgIpc) is 2.43. The van der Waals surface area contributed by atoms with E-state index in [1.54, 1.807) is 19.2 Å². The van der Waals surface area contributed by atoms with Crippen LogP contribution in [-0.4, -0.2) is 31.8 Å². The Morgan fingerprint density at radius 1 is 1.20 bits per heavy atom. The number of hydrogen-bond acceptors (Lipinski definition) is 3. The fraction of sp³-hybridized carbons (Fsp3) is 0.467. The van der Waals surface area contributed by atoms with E-state index >= 15 is 0 Å². The number of carbonyl (C=O) groups excluding carboxylic acids is 2. The maximum Gasteiger partial charge on any atom is 0.233 e. The molecule has 1 aromatic rings. The van der Waals surface area contributed by atoms with Gasteiger partial charge in [-0.25, -0.2) is 0 Å². The molecule has 0 bridgehead atoms. The fourth-order valence-corrected chi connectivity index (χ4v) is 2.02. The molecule has 4 nitrogen and oxygen atoms in total. The summed E-state index contributed by atoms with van der Waals surface area (Å²) in [5.41, 5.74) is 0.914. The molecule has 1 rings (SSSR count). The van der Waals surface area contributed by atoms with Crippen LogP contribution in [0.4, 0.5) is 0 Å². The molecule has 110 valence electrons. The van der Waals surface area contributed by atoms with Crippen LogP contribution in [0.15, 0.2) is 24.3 Å². The Bertz CT molecular complexity index is 457. The van der Waals surface area contributed by atoms with Crippen LogP contribution in [0.1, 0.15) is 25.3 Å². The third-order valence-corrected chi connectivity index (χ3v) is 3.35. The van der Waals surface area contributed by atoms with Crippen molar-refractivity contribution in [2.45, 2.75) is 19.8 Å². The van der Waals surface area contributed by atoms with Crippen molar-refractivity contribution in [2.24, 2.45) is 5.92 Å². The van der Waals surface area contributed by atoms with Gasteiger partial charge in [-0.15, -0.1) is 0 Å². The molecule has 1 amide bonds. The van der Waals surface area contributed by atoms with E-state index in [1.807, 2.05) is 26.0 Å². The van der Waals surface area contributed by atoms with Crippen molar-refractivity contribution in [3.63, 3.8) is 0 Å². The van der Waals surface area contributed by atoms with Gasteiger partial charge >= 0.3 is 0 Å². The van der Waals surface area contributed by atoms with Crippen LogP contribution >= 0.6 is 11.6 Å². The zero-order chi connectivity index (χ0) is 15.1. The minimum Gasteiger partial charge on any atom is -0.358 e. The Morgan fingerprint density at radius 3 is 2.30 bits per heavy atom. The number of hydrogen-bond donors (Lipinski definition) is 2. The lowest BCUT2D eigenvalue weighted by atomic mass is 9.89. The van der Waals surface area contributed by atoms with Gasteiger partial charge in [-0.2, -0.15) is 0 Å². The SMILES string of the molecule is CNC(=O)CNC[C@@H](C(=O)C(C)C)c1ccc(Cl)cc1. The zero-order valence-corrected chi connectivity index (χ0v) is 12.8. The van der Waals surface area contributed by atoms with Crippen molar-refractivity contribution < 1.29 is 9.59 Å². The summed E-state index contributed by atoms with van der Waals surface area (Å²) in [5, 5.41) is 6.19. The number of likely N-dealkylation sites (N-methyl/N-ethyl adjacent to an activating group) is 1. The Labute approximate surface area is 124 Å². The van der Waals surface area contributed by atoms with E-state index < -0.39 is 0 Å². The van der Waals surface area contributed by atoms with Gasteiger partial charge in [-0.3, -0.25) is 9.59 Å². The average molecular weight is 297 g/mol. The second kappa shape index (κ2) is 8.02. The van der Waals surface area contributed by atoms with Crippen LogP contribution in [0.2, 0.25) is 5.02 Å². The fourth-order valence-electron chi connectivity index (χ4n) is 1.90. The van der Waals surface area contributed by atoms with Crippen molar-refractivity contribution in [3.8, 4) is 0 Å². The molecule has 0 aliphatic carbocycles. The van der Waals surface area contributed by atoms with Crippen molar-refractivity contribution in [1.82, 2.24) is 10.6 Å². The molecule has 1 atom stereocenters. The molecule has 0 aliphatic heterocycles. The van der Waals surface area contributed by atoms with Crippen molar-refractivity contribution in [1.29, 1.82) is 0 Å². The predicted molar refractivity (Wildman–Crippen MR) is 81.0 cm³/mol. The lowest BCUT2D eigenvalue weighted by molar-refractivity contribution is -0.124. The molecule has 2 N–H and O–H groups in total. The summed E-state index contributed by atoms with van der Waals surface area (Å²) in [6.07, 6.45) is 0. The first kappa shape index (κ1) is 16.7. The Kier molecular flexibility index (Phi) is 6.68. The van der Waals surface area contributed by atoms with Gasteiger partial charge in [-0.05, 0) is 17.7 Å². The summed E-state index contributed by atoms with van der Waals surface area (Å²) in [6, 6.07) is 7.26. The Morgan fingerprint density at radius 2 is 1.80 bits per heavy atom. The minimum atomic E-state index is -0.267. The number of benzene rings is 1. The number of ketones is 1. The minimum absolute atomic E-state index is 0.0579. The van der Waals surface area contributed by atoms with Gasteiger partial charge in [0.15, 0.2) is 0 Å². The van der Waals surface area contributed by atoms with E-state index in [9.17, 15) is 9.59 Å². The van der Waals surface area contributed by atoms with Crippen molar-refractivity contribution in [2.75, 3.05) is 20.1 Å². The van der Waals surface area contributed by atoms with Crippen LogP contribution < -0.4 is 10.6 Å². The number of rotatable bonds is 7. The summed E-state index contributed by atoms with van der Waals surface area (Å²) in [4.78, 5) is 23.5. The normalized spacial score (nSPS) is 12.2. The maximum atomic E-state index is 12.3.